The van der Waals surface area contributed by atoms with Crippen LogP contribution in [0.15, 0.2) is 60.7 Å². The van der Waals surface area contributed by atoms with E-state index in [0.29, 0.717) is 12.1 Å². The molecule has 2 nitrogen and oxygen atoms in total. The summed E-state index contributed by atoms with van der Waals surface area (Å²) in [6.07, 6.45) is 5.04. The van der Waals surface area contributed by atoms with Crippen LogP contribution in [0, 0.1) is 0 Å². The SMILES string of the molecule is CCCCN(CCCC)C(=O)CP(c1ccccc1)c1ccccc1. The van der Waals surface area contributed by atoms with Gasteiger partial charge in [0, 0.05) is 13.1 Å². The summed E-state index contributed by atoms with van der Waals surface area (Å²) in [5.74, 6) is 0.306. The van der Waals surface area contributed by atoms with E-state index in [1.54, 1.807) is 0 Å². The van der Waals surface area contributed by atoms with Crippen LogP contribution in [0.25, 0.3) is 0 Å². The highest BCUT2D eigenvalue weighted by Crippen LogP contribution is 2.33. The van der Waals surface area contributed by atoms with Gasteiger partial charge in [0.15, 0.2) is 0 Å². The predicted octanol–water partition coefficient (Wildman–Crippen LogP) is 4.55. The lowest BCUT2D eigenvalue weighted by atomic mass is 10.2. The van der Waals surface area contributed by atoms with Crippen LogP contribution in [-0.2, 0) is 4.79 Å². The van der Waals surface area contributed by atoms with Crippen LogP contribution >= 0.6 is 7.92 Å². The third-order valence-corrected chi connectivity index (χ3v) is 6.77. The topological polar surface area (TPSA) is 20.3 Å². The van der Waals surface area contributed by atoms with Crippen molar-refractivity contribution in [3.8, 4) is 0 Å². The number of amides is 1. The van der Waals surface area contributed by atoms with Crippen molar-refractivity contribution in [1.82, 2.24) is 4.90 Å². The fourth-order valence-corrected chi connectivity index (χ4v) is 5.04. The summed E-state index contributed by atoms with van der Waals surface area (Å²) in [4.78, 5) is 15.1. The van der Waals surface area contributed by atoms with Gasteiger partial charge in [-0.1, -0.05) is 87.4 Å². The number of hydrogen-bond donors (Lipinski definition) is 0. The third kappa shape index (κ3) is 6.29. The molecule has 2 aromatic carbocycles. The molecule has 0 saturated carbocycles. The van der Waals surface area contributed by atoms with E-state index in [-0.39, 0.29) is 0 Å². The van der Waals surface area contributed by atoms with Gasteiger partial charge in [-0.3, -0.25) is 4.79 Å². The molecule has 0 heterocycles. The molecule has 0 radical (unpaired) electrons. The van der Waals surface area contributed by atoms with Gasteiger partial charge in [-0.05, 0) is 31.4 Å². The lowest BCUT2D eigenvalue weighted by Crippen LogP contribution is -2.36. The van der Waals surface area contributed by atoms with Crippen molar-refractivity contribution in [1.29, 1.82) is 0 Å². The van der Waals surface area contributed by atoms with Gasteiger partial charge >= 0.3 is 0 Å². The fourth-order valence-electron chi connectivity index (χ4n) is 2.84. The Morgan fingerprint density at radius 1 is 0.800 bits per heavy atom. The molecule has 0 aliphatic carbocycles. The van der Waals surface area contributed by atoms with Gasteiger partial charge in [-0.2, -0.15) is 0 Å². The highest BCUT2D eigenvalue weighted by Gasteiger charge is 2.21. The van der Waals surface area contributed by atoms with Gasteiger partial charge in [-0.25, -0.2) is 0 Å². The van der Waals surface area contributed by atoms with Crippen LogP contribution in [0.5, 0.6) is 0 Å². The second-order valence-corrected chi connectivity index (χ2v) is 8.55. The Balaban J connectivity index is 2.18. The number of rotatable bonds is 10. The third-order valence-electron chi connectivity index (χ3n) is 4.34. The van der Waals surface area contributed by atoms with Crippen LogP contribution in [0.3, 0.4) is 0 Å². The Morgan fingerprint density at radius 3 is 1.64 bits per heavy atom. The van der Waals surface area contributed by atoms with Gasteiger partial charge in [0.2, 0.25) is 5.91 Å². The van der Waals surface area contributed by atoms with Gasteiger partial charge in [0.1, 0.15) is 0 Å². The van der Waals surface area contributed by atoms with Crippen molar-refractivity contribution in [2.75, 3.05) is 19.3 Å². The quantitative estimate of drug-likeness (QED) is 0.573. The van der Waals surface area contributed by atoms with E-state index in [9.17, 15) is 4.79 Å². The lowest BCUT2D eigenvalue weighted by Gasteiger charge is -2.26. The van der Waals surface area contributed by atoms with E-state index in [1.165, 1.54) is 10.6 Å². The van der Waals surface area contributed by atoms with Crippen molar-refractivity contribution in [3.63, 3.8) is 0 Å². The van der Waals surface area contributed by atoms with Gasteiger partial charge in [0.25, 0.3) is 0 Å². The van der Waals surface area contributed by atoms with Crippen molar-refractivity contribution < 1.29 is 4.79 Å². The number of unbranched alkanes of at least 4 members (excludes halogenated alkanes) is 2. The average molecular weight is 355 g/mol. The minimum Gasteiger partial charge on any atom is -0.342 e. The van der Waals surface area contributed by atoms with Crippen molar-refractivity contribution in [2.45, 2.75) is 39.5 Å². The Morgan fingerprint density at radius 2 is 1.24 bits per heavy atom. The number of carbonyl (C=O) groups excluding carboxylic acids is 1. The van der Waals surface area contributed by atoms with Crippen LogP contribution in [0.4, 0.5) is 0 Å². The first kappa shape index (κ1) is 19.7. The molecule has 2 rings (SSSR count). The molecule has 0 unspecified atom stereocenters. The highest BCUT2D eigenvalue weighted by molar-refractivity contribution is 7.73. The van der Waals surface area contributed by atoms with Crippen LogP contribution in [0.1, 0.15) is 39.5 Å². The Hall–Kier alpha value is -1.66. The zero-order valence-electron chi connectivity index (χ0n) is 15.5. The smallest absolute Gasteiger partial charge is 0.227 e. The molecule has 0 aliphatic heterocycles. The first-order valence-electron chi connectivity index (χ1n) is 9.41. The summed E-state index contributed by atoms with van der Waals surface area (Å²) in [5, 5.41) is 2.56. The maximum absolute atomic E-state index is 13.1. The first-order chi connectivity index (χ1) is 12.3. The van der Waals surface area contributed by atoms with Crippen LogP contribution in [0.2, 0.25) is 0 Å². The molecule has 2 aromatic rings. The summed E-state index contributed by atoms with van der Waals surface area (Å²) in [5.41, 5.74) is 0. The zero-order chi connectivity index (χ0) is 17.9. The highest BCUT2D eigenvalue weighted by atomic mass is 31.1. The van der Waals surface area contributed by atoms with Crippen molar-refractivity contribution in [3.05, 3.63) is 60.7 Å². The van der Waals surface area contributed by atoms with E-state index in [4.69, 9.17) is 0 Å². The van der Waals surface area contributed by atoms with E-state index >= 15 is 0 Å². The standard InChI is InChI=1S/C22H30NOP/c1-3-5-17-23(18-6-4-2)22(24)19-25(20-13-9-7-10-14-20)21-15-11-8-12-16-21/h7-16H,3-6,17-19H2,1-2H3. The maximum atomic E-state index is 13.1. The lowest BCUT2D eigenvalue weighted by molar-refractivity contribution is -0.128. The first-order valence-corrected chi connectivity index (χ1v) is 10.9. The van der Waals surface area contributed by atoms with Crippen LogP contribution < -0.4 is 10.6 Å². The minimum atomic E-state index is -0.644. The van der Waals surface area contributed by atoms with E-state index in [0.717, 1.165) is 38.8 Å². The molecule has 0 atom stereocenters. The largest absolute Gasteiger partial charge is 0.342 e. The van der Waals surface area contributed by atoms with Crippen LogP contribution in [-0.4, -0.2) is 30.1 Å². The predicted molar refractivity (Wildman–Crippen MR) is 110 cm³/mol. The molecule has 3 heteroatoms. The Kier molecular flexibility index (Phi) is 8.69. The van der Waals surface area contributed by atoms with Crippen molar-refractivity contribution in [2.24, 2.45) is 0 Å². The summed E-state index contributed by atoms with van der Waals surface area (Å²) >= 11 is 0. The molecule has 0 bridgehead atoms. The van der Waals surface area contributed by atoms with Crippen molar-refractivity contribution >= 4 is 24.4 Å². The maximum Gasteiger partial charge on any atom is 0.227 e. The summed E-state index contributed by atoms with van der Waals surface area (Å²) < 4.78 is 0. The van der Waals surface area contributed by atoms with Gasteiger partial charge in [0.05, 0.1) is 6.16 Å². The van der Waals surface area contributed by atoms with E-state index in [2.05, 4.69) is 67.3 Å². The van der Waals surface area contributed by atoms with E-state index < -0.39 is 7.92 Å². The molecule has 0 aliphatic rings. The second-order valence-electron chi connectivity index (χ2n) is 6.35. The molecule has 25 heavy (non-hydrogen) atoms. The number of carbonyl (C=O) groups is 1. The van der Waals surface area contributed by atoms with Gasteiger partial charge in [-0.15, -0.1) is 0 Å². The number of hydrogen-bond acceptors (Lipinski definition) is 1. The minimum absolute atomic E-state index is 0.306. The Bertz CT molecular complexity index is 567. The molecular formula is C22H30NOP. The fraction of sp³-hybridized carbons (Fsp3) is 0.409. The number of benzene rings is 2. The molecule has 134 valence electrons. The molecule has 0 saturated heterocycles. The molecule has 1 amide bonds. The average Bonchev–Trinajstić information content (AvgIpc) is 2.67. The normalized spacial score (nSPS) is 10.8. The molecule has 0 aromatic heterocycles. The Labute approximate surface area is 154 Å². The van der Waals surface area contributed by atoms with E-state index in [1.807, 2.05) is 12.1 Å². The molecular weight excluding hydrogens is 325 g/mol. The molecule has 0 N–H and O–H groups in total. The molecule has 0 fully saturated rings. The summed E-state index contributed by atoms with van der Waals surface area (Å²) in [7, 11) is -0.644. The molecule has 0 spiro atoms. The second kappa shape index (κ2) is 11.1. The zero-order valence-corrected chi connectivity index (χ0v) is 16.4. The monoisotopic (exact) mass is 355 g/mol. The summed E-state index contributed by atoms with van der Waals surface area (Å²) in [6, 6.07) is 21.0. The van der Waals surface area contributed by atoms with Gasteiger partial charge < -0.3 is 4.90 Å². The number of nitrogens with zero attached hydrogens (tertiary/aromatic N) is 1. The summed E-state index contributed by atoms with van der Waals surface area (Å²) in [6.45, 7) is 6.15.